The second-order valence-electron chi connectivity index (χ2n) is 4.59. The maximum Gasteiger partial charge on any atom is 0.177 e. The summed E-state index contributed by atoms with van der Waals surface area (Å²) in [5, 5.41) is 17.6. The lowest BCUT2D eigenvalue weighted by atomic mass is 10.0. The van der Waals surface area contributed by atoms with E-state index in [0.29, 0.717) is 16.7 Å². The smallest absolute Gasteiger partial charge is 0.177 e. The van der Waals surface area contributed by atoms with Gasteiger partial charge in [0.2, 0.25) is 0 Å². The predicted octanol–water partition coefficient (Wildman–Crippen LogP) is 4.51. The number of nitriles is 2. The maximum absolute atomic E-state index is 12.5. The number of alkyl halides is 2. The highest BCUT2D eigenvalue weighted by Gasteiger charge is 2.26. The third-order valence-electron chi connectivity index (χ3n) is 3.16. The first kappa shape index (κ1) is 16.4. The third-order valence-corrected chi connectivity index (χ3v) is 5.88. The first-order valence-electron chi connectivity index (χ1n) is 6.39. The van der Waals surface area contributed by atoms with E-state index in [2.05, 4.69) is 37.9 Å². The van der Waals surface area contributed by atoms with Crippen LogP contribution in [0.25, 0.3) is 0 Å². The summed E-state index contributed by atoms with van der Waals surface area (Å²) in [7, 11) is 0. The Labute approximate surface area is 145 Å². The molecule has 2 atom stereocenters. The molecule has 0 saturated carbocycles. The van der Waals surface area contributed by atoms with Crippen molar-refractivity contribution >= 4 is 37.6 Å². The summed E-state index contributed by atoms with van der Waals surface area (Å²) >= 11 is 6.95. The molecule has 0 fully saturated rings. The molecule has 22 heavy (non-hydrogen) atoms. The van der Waals surface area contributed by atoms with E-state index in [1.54, 1.807) is 36.4 Å². The molecule has 0 N–H and O–H groups in total. The zero-order valence-corrected chi connectivity index (χ0v) is 14.5. The number of hydrogen-bond donors (Lipinski definition) is 0. The molecule has 0 aliphatic rings. The molecule has 2 aromatic rings. The van der Waals surface area contributed by atoms with Crippen molar-refractivity contribution in [3.63, 3.8) is 0 Å². The molecule has 0 aliphatic carbocycles. The molecule has 0 unspecified atom stereocenters. The number of hydrogen-bond acceptors (Lipinski definition) is 3. The number of carbonyl (C=O) groups is 1. The van der Waals surface area contributed by atoms with Crippen molar-refractivity contribution in [1.29, 1.82) is 10.5 Å². The van der Waals surface area contributed by atoms with Gasteiger partial charge >= 0.3 is 0 Å². The Balaban J connectivity index is 2.18. The van der Waals surface area contributed by atoms with Crippen LogP contribution in [-0.2, 0) is 0 Å². The molecular weight excluding hydrogens is 408 g/mol. The molecule has 0 saturated heterocycles. The summed E-state index contributed by atoms with van der Waals surface area (Å²) in [4.78, 5) is 11.8. The van der Waals surface area contributed by atoms with E-state index in [-0.39, 0.29) is 10.6 Å². The van der Waals surface area contributed by atoms with Gasteiger partial charge in [-0.1, -0.05) is 56.1 Å². The number of Topliss-reactive ketones (excluding diaryl/α,β-unsaturated/α-hetero) is 1. The second kappa shape index (κ2) is 7.35. The van der Waals surface area contributed by atoms with Crippen LogP contribution in [0.3, 0.4) is 0 Å². The summed E-state index contributed by atoms with van der Waals surface area (Å²) in [6.07, 6.45) is 0. The lowest BCUT2D eigenvalue weighted by Gasteiger charge is -2.16. The number of benzene rings is 2. The van der Waals surface area contributed by atoms with Crippen molar-refractivity contribution in [3.05, 3.63) is 70.8 Å². The fraction of sp³-hybridized carbons (Fsp3) is 0.118. The van der Waals surface area contributed by atoms with Crippen molar-refractivity contribution in [1.82, 2.24) is 0 Å². The fourth-order valence-corrected chi connectivity index (χ4v) is 3.03. The van der Waals surface area contributed by atoms with Gasteiger partial charge in [-0.25, -0.2) is 0 Å². The van der Waals surface area contributed by atoms with Gasteiger partial charge in [0.25, 0.3) is 0 Å². The molecule has 0 amide bonds. The molecule has 108 valence electrons. The topological polar surface area (TPSA) is 64.7 Å². The summed E-state index contributed by atoms with van der Waals surface area (Å²) in [6.45, 7) is 0. The van der Waals surface area contributed by atoms with Gasteiger partial charge in [-0.15, -0.1) is 0 Å². The normalized spacial score (nSPS) is 12.7. The quantitative estimate of drug-likeness (QED) is 0.542. The van der Waals surface area contributed by atoms with Crippen LogP contribution in [0, 0.1) is 22.7 Å². The minimum absolute atomic E-state index is 0.0734. The molecule has 0 radical (unpaired) electrons. The van der Waals surface area contributed by atoms with Gasteiger partial charge < -0.3 is 0 Å². The summed E-state index contributed by atoms with van der Waals surface area (Å²) < 4.78 is 0. The SMILES string of the molecule is N#Cc1ccc(C(=O)[C@H](Br)[C@H](Br)c2ccc(C#N)cc2)cc1. The molecule has 0 aromatic heterocycles. The number of carbonyl (C=O) groups excluding carboxylic acids is 1. The van der Waals surface area contributed by atoms with Crippen LogP contribution in [0.15, 0.2) is 48.5 Å². The van der Waals surface area contributed by atoms with Crippen LogP contribution in [0.4, 0.5) is 0 Å². The molecule has 0 bridgehead atoms. The van der Waals surface area contributed by atoms with Crippen molar-refractivity contribution in [2.24, 2.45) is 0 Å². The van der Waals surface area contributed by atoms with Gasteiger partial charge in [0.1, 0.15) is 0 Å². The Hall–Kier alpha value is -1.95. The standard InChI is InChI=1S/C17H10Br2N2O/c18-15(13-5-1-11(9-20)2-6-13)16(19)17(22)14-7-3-12(10-21)4-8-14/h1-8,15-16H/t15-,16-/m1/s1. The Morgan fingerprint density at radius 1 is 0.864 bits per heavy atom. The van der Waals surface area contributed by atoms with Crippen LogP contribution < -0.4 is 0 Å². The highest BCUT2D eigenvalue weighted by molar-refractivity contribution is 9.12. The Bertz CT molecular complexity index is 755. The second-order valence-corrected chi connectivity index (χ2v) is 6.56. The van der Waals surface area contributed by atoms with Gasteiger partial charge in [0.05, 0.1) is 32.9 Å². The van der Waals surface area contributed by atoms with Gasteiger partial charge in [-0.3, -0.25) is 4.79 Å². The first-order chi connectivity index (χ1) is 10.6. The van der Waals surface area contributed by atoms with Crippen molar-refractivity contribution in [2.45, 2.75) is 9.65 Å². The molecule has 0 aliphatic heterocycles. The van der Waals surface area contributed by atoms with Crippen molar-refractivity contribution < 1.29 is 4.79 Å². The van der Waals surface area contributed by atoms with E-state index >= 15 is 0 Å². The maximum atomic E-state index is 12.5. The minimum atomic E-state index is -0.451. The molecule has 5 heteroatoms. The number of rotatable bonds is 4. The Morgan fingerprint density at radius 2 is 1.32 bits per heavy atom. The Kier molecular flexibility index (Phi) is 5.49. The summed E-state index contributed by atoms with van der Waals surface area (Å²) in [5.41, 5.74) is 2.54. The summed E-state index contributed by atoms with van der Waals surface area (Å²) in [5.74, 6) is -0.0734. The van der Waals surface area contributed by atoms with Gasteiger partial charge in [0.15, 0.2) is 5.78 Å². The van der Waals surface area contributed by atoms with E-state index in [0.717, 1.165) is 5.56 Å². The van der Waals surface area contributed by atoms with Crippen LogP contribution in [0.1, 0.15) is 31.9 Å². The van der Waals surface area contributed by atoms with Gasteiger partial charge in [-0.2, -0.15) is 10.5 Å². The minimum Gasteiger partial charge on any atom is -0.293 e. The van der Waals surface area contributed by atoms with E-state index in [4.69, 9.17) is 10.5 Å². The largest absolute Gasteiger partial charge is 0.293 e. The summed E-state index contributed by atoms with van der Waals surface area (Å²) in [6, 6.07) is 17.7. The zero-order valence-electron chi connectivity index (χ0n) is 11.3. The number of ketones is 1. The van der Waals surface area contributed by atoms with Gasteiger partial charge in [0, 0.05) is 5.56 Å². The van der Waals surface area contributed by atoms with Crippen LogP contribution in [0.2, 0.25) is 0 Å². The molecule has 3 nitrogen and oxygen atoms in total. The highest BCUT2D eigenvalue weighted by atomic mass is 79.9. The van der Waals surface area contributed by atoms with E-state index in [9.17, 15) is 4.79 Å². The van der Waals surface area contributed by atoms with E-state index in [1.807, 2.05) is 18.2 Å². The third kappa shape index (κ3) is 3.62. The number of nitrogens with zero attached hydrogens (tertiary/aromatic N) is 2. The Morgan fingerprint density at radius 3 is 1.77 bits per heavy atom. The van der Waals surface area contributed by atoms with Gasteiger partial charge in [-0.05, 0) is 29.8 Å². The fourth-order valence-electron chi connectivity index (χ4n) is 1.91. The lowest BCUT2D eigenvalue weighted by molar-refractivity contribution is 0.0991. The predicted molar refractivity (Wildman–Crippen MR) is 91.0 cm³/mol. The average molecular weight is 418 g/mol. The van der Waals surface area contributed by atoms with E-state index < -0.39 is 4.83 Å². The first-order valence-corrected chi connectivity index (χ1v) is 8.22. The number of halogens is 2. The van der Waals surface area contributed by atoms with Crippen molar-refractivity contribution in [3.8, 4) is 12.1 Å². The molecule has 0 spiro atoms. The molecule has 2 aromatic carbocycles. The lowest BCUT2D eigenvalue weighted by Crippen LogP contribution is -2.19. The van der Waals surface area contributed by atoms with Crippen LogP contribution in [0.5, 0.6) is 0 Å². The van der Waals surface area contributed by atoms with Crippen LogP contribution in [-0.4, -0.2) is 10.6 Å². The monoisotopic (exact) mass is 416 g/mol. The highest BCUT2D eigenvalue weighted by Crippen LogP contribution is 2.33. The van der Waals surface area contributed by atoms with E-state index in [1.165, 1.54) is 0 Å². The average Bonchev–Trinajstić information content (AvgIpc) is 2.60. The van der Waals surface area contributed by atoms with Crippen LogP contribution >= 0.6 is 31.9 Å². The zero-order chi connectivity index (χ0) is 16.1. The van der Waals surface area contributed by atoms with Crippen molar-refractivity contribution in [2.75, 3.05) is 0 Å². The molecule has 2 rings (SSSR count). The molecular formula is C17H10Br2N2O. The molecule has 0 heterocycles.